The lowest BCUT2D eigenvalue weighted by atomic mass is 10.1. The zero-order chi connectivity index (χ0) is 21.9. The largest absolute Gasteiger partial charge is 0.366 e. The summed E-state index contributed by atoms with van der Waals surface area (Å²) in [6.45, 7) is 3.56. The highest BCUT2D eigenvalue weighted by Crippen LogP contribution is 2.23. The molecule has 2 aromatic carbocycles. The first-order chi connectivity index (χ1) is 13.5. The van der Waals surface area contributed by atoms with Gasteiger partial charge in [0.1, 0.15) is 17.5 Å². The maximum Gasteiger partial charge on any atom is 0.258 e. The molecular weight excluding hydrogens is 411 g/mol. The van der Waals surface area contributed by atoms with E-state index in [0.717, 1.165) is 22.5 Å². The average Bonchev–Trinajstić information content (AvgIpc) is 2.64. The van der Waals surface area contributed by atoms with Crippen LogP contribution in [0.5, 0.6) is 0 Å². The summed E-state index contributed by atoms with van der Waals surface area (Å²) in [4.78, 5) is 23.3. The van der Waals surface area contributed by atoms with Gasteiger partial charge in [0.05, 0.1) is 21.7 Å². The highest BCUT2D eigenvalue weighted by molar-refractivity contribution is 7.89. The second kappa shape index (κ2) is 8.62. The van der Waals surface area contributed by atoms with Crippen LogP contribution in [0.3, 0.4) is 0 Å². The molecule has 0 aromatic heterocycles. The first kappa shape index (κ1) is 22.4. The van der Waals surface area contributed by atoms with Crippen LogP contribution >= 0.6 is 0 Å². The zero-order valence-corrected chi connectivity index (χ0v) is 16.3. The van der Waals surface area contributed by atoms with E-state index in [9.17, 15) is 31.2 Å². The molecule has 2 amide bonds. The molecule has 0 aliphatic heterocycles. The molecule has 2 rings (SSSR count). The maximum absolute atomic E-state index is 14.2. The molecular formula is C18H18F3N3O4S. The summed E-state index contributed by atoms with van der Waals surface area (Å²) in [5, 5.41) is 1.99. The number of carbonyl (C=O) groups is 2. The maximum atomic E-state index is 14.2. The second-order valence-corrected chi connectivity index (χ2v) is 7.80. The minimum atomic E-state index is -3.98. The highest BCUT2D eigenvalue weighted by atomic mass is 32.2. The number of nitrogens with two attached hydrogens (primary N) is 1. The van der Waals surface area contributed by atoms with Gasteiger partial charge < -0.3 is 11.1 Å². The topological polar surface area (TPSA) is 110 Å². The standard InChI is InChI=1S/C18H18F3N3O4S/c1-3-24(4-2)29(27,28)10-5-6-13(19)12(7-10)18(26)23-16-8-11(17(22)25)14(20)9-15(16)21/h5-9H,3-4H2,1-2H3,(H2,22,25)(H,23,26). The molecule has 3 N–H and O–H groups in total. The Morgan fingerprint density at radius 1 is 0.966 bits per heavy atom. The number of carbonyl (C=O) groups excluding carboxylic acids is 2. The van der Waals surface area contributed by atoms with Crippen molar-refractivity contribution in [3.8, 4) is 0 Å². The monoisotopic (exact) mass is 429 g/mol. The fourth-order valence-electron chi connectivity index (χ4n) is 2.57. The molecule has 0 unspecified atom stereocenters. The summed E-state index contributed by atoms with van der Waals surface area (Å²) in [5.74, 6) is -5.91. The molecule has 0 radical (unpaired) electrons. The quantitative estimate of drug-likeness (QED) is 0.705. The van der Waals surface area contributed by atoms with Crippen molar-refractivity contribution < 1.29 is 31.2 Å². The minimum absolute atomic E-state index is 0.161. The number of amides is 2. The molecule has 0 fully saturated rings. The number of nitrogens with one attached hydrogen (secondary N) is 1. The Morgan fingerprint density at radius 3 is 2.14 bits per heavy atom. The molecule has 0 saturated carbocycles. The lowest BCUT2D eigenvalue weighted by molar-refractivity contribution is 0.0991. The zero-order valence-electron chi connectivity index (χ0n) is 15.5. The predicted octanol–water partition coefficient (Wildman–Crippen LogP) is 2.49. The summed E-state index contributed by atoms with van der Waals surface area (Å²) < 4.78 is 67.9. The highest BCUT2D eigenvalue weighted by Gasteiger charge is 2.25. The third-order valence-corrected chi connectivity index (χ3v) is 6.14. The van der Waals surface area contributed by atoms with E-state index in [1.165, 1.54) is 0 Å². The van der Waals surface area contributed by atoms with Crippen molar-refractivity contribution in [1.82, 2.24) is 4.31 Å². The van der Waals surface area contributed by atoms with Crippen LogP contribution in [0.1, 0.15) is 34.6 Å². The van der Waals surface area contributed by atoms with E-state index in [2.05, 4.69) is 0 Å². The third kappa shape index (κ3) is 4.57. The summed E-state index contributed by atoms with van der Waals surface area (Å²) >= 11 is 0. The Hall–Kier alpha value is -2.92. The molecule has 0 aliphatic rings. The first-order valence-electron chi connectivity index (χ1n) is 8.42. The Kier molecular flexibility index (Phi) is 6.65. The van der Waals surface area contributed by atoms with Crippen LogP contribution in [0.2, 0.25) is 0 Å². The van der Waals surface area contributed by atoms with E-state index >= 15 is 0 Å². The number of anilines is 1. The normalized spacial score (nSPS) is 11.5. The van der Waals surface area contributed by atoms with Crippen molar-refractivity contribution in [2.24, 2.45) is 5.73 Å². The summed E-state index contributed by atoms with van der Waals surface area (Å²) in [7, 11) is -3.98. The SMILES string of the molecule is CCN(CC)S(=O)(=O)c1ccc(F)c(C(=O)Nc2cc(C(N)=O)c(F)cc2F)c1. The Balaban J connectivity index is 2.45. The molecule has 29 heavy (non-hydrogen) atoms. The smallest absolute Gasteiger partial charge is 0.258 e. The molecule has 0 saturated heterocycles. The van der Waals surface area contributed by atoms with Gasteiger partial charge in [0.25, 0.3) is 11.8 Å². The number of rotatable bonds is 7. The van der Waals surface area contributed by atoms with Crippen molar-refractivity contribution in [2.45, 2.75) is 18.7 Å². The summed E-state index contributed by atoms with van der Waals surface area (Å²) in [6, 6.07) is 3.62. The third-order valence-electron chi connectivity index (χ3n) is 4.10. The van der Waals surface area contributed by atoms with Crippen molar-refractivity contribution >= 4 is 27.5 Å². The van der Waals surface area contributed by atoms with Crippen molar-refractivity contribution in [3.05, 3.63) is 58.9 Å². The van der Waals surface area contributed by atoms with Gasteiger partial charge in [-0.25, -0.2) is 21.6 Å². The number of benzene rings is 2. The van der Waals surface area contributed by atoms with Gasteiger partial charge in [-0.15, -0.1) is 0 Å². The first-order valence-corrected chi connectivity index (χ1v) is 9.86. The fraction of sp³-hybridized carbons (Fsp3) is 0.222. The van der Waals surface area contributed by atoms with Gasteiger partial charge in [0.15, 0.2) is 0 Å². The van der Waals surface area contributed by atoms with E-state index in [-0.39, 0.29) is 18.0 Å². The summed E-state index contributed by atoms with van der Waals surface area (Å²) in [5.41, 5.74) is 2.99. The Bertz CT molecular complexity index is 1070. The van der Waals surface area contributed by atoms with Crippen molar-refractivity contribution in [2.75, 3.05) is 18.4 Å². The van der Waals surface area contributed by atoms with Crippen LogP contribution in [0.15, 0.2) is 35.2 Å². The van der Waals surface area contributed by atoms with Crippen LogP contribution < -0.4 is 11.1 Å². The lowest BCUT2D eigenvalue weighted by Crippen LogP contribution is -2.31. The molecule has 0 spiro atoms. The predicted molar refractivity (Wildman–Crippen MR) is 99.3 cm³/mol. The average molecular weight is 429 g/mol. The van der Waals surface area contributed by atoms with Gasteiger partial charge in [0.2, 0.25) is 10.0 Å². The molecule has 0 aliphatic carbocycles. The molecule has 11 heteroatoms. The minimum Gasteiger partial charge on any atom is -0.366 e. The molecule has 7 nitrogen and oxygen atoms in total. The number of primary amides is 1. The number of halogens is 3. The van der Waals surface area contributed by atoms with Crippen LogP contribution in [0, 0.1) is 17.5 Å². The fourth-order valence-corrected chi connectivity index (χ4v) is 4.06. The molecule has 0 atom stereocenters. The van der Waals surface area contributed by atoms with E-state index in [1.54, 1.807) is 13.8 Å². The van der Waals surface area contributed by atoms with Crippen LogP contribution in [-0.2, 0) is 10.0 Å². The number of nitrogens with zero attached hydrogens (tertiary/aromatic N) is 1. The van der Waals surface area contributed by atoms with Crippen LogP contribution in [-0.4, -0.2) is 37.6 Å². The van der Waals surface area contributed by atoms with Gasteiger partial charge in [-0.2, -0.15) is 4.31 Å². The van der Waals surface area contributed by atoms with E-state index in [1.807, 2.05) is 5.32 Å². The van der Waals surface area contributed by atoms with Crippen LogP contribution in [0.25, 0.3) is 0 Å². The van der Waals surface area contributed by atoms with Crippen LogP contribution in [0.4, 0.5) is 18.9 Å². The Labute approximate surface area is 165 Å². The lowest BCUT2D eigenvalue weighted by Gasteiger charge is -2.19. The summed E-state index contributed by atoms with van der Waals surface area (Å²) in [6.07, 6.45) is 0. The van der Waals surface area contributed by atoms with Gasteiger partial charge in [-0.05, 0) is 24.3 Å². The van der Waals surface area contributed by atoms with Gasteiger partial charge >= 0.3 is 0 Å². The van der Waals surface area contributed by atoms with Gasteiger partial charge in [0, 0.05) is 19.2 Å². The molecule has 0 bridgehead atoms. The van der Waals surface area contributed by atoms with Crippen molar-refractivity contribution in [3.63, 3.8) is 0 Å². The number of hydrogen-bond donors (Lipinski definition) is 2. The Morgan fingerprint density at radius 2 is 1.59 bits per heavy atom. The number of hydrogen-bond acceptors (Lipinski definition) is 4. The van der Waals surface area contributed by atoms with E-state index in [0.29, 0.717) is 12.1 Å². The van der Waals surface area contributed by atoms with E-state index < -0.39 is 56.1 Å². The molecule has 2 aromatic rings. The van der Waals surface area contributed by atoms with Gasteiger partial charge in [-0.3, -0.25) is 9.59 Å². The molecule has 156 valence electrons. The van der Waals surface area contributed by atoms with Crippen molar-refractivity contribution in [1.29, 1.82) is 0 Å². The van der Waals surface area contributed by atoms with Gasteiger partial charge in [-0.1, -0.05) is 13.8 Å². The number of sulfonamides is 1. The molecule has 0 heterocycles. The second-order valence-electron chi connectivity index (χ2n) is 5.86. The van der Waals surface area contributed by atoms with E-state index in [4.69, 9.17) is 5.73 Å².